The molecular formula is C26H32ClN3O. The number of rotatable bonds is 9. The van der Waals surface area contributed by atoms with E-state index < -0.39 is 0 Å². The average Bonchev–Trinajstić information content (AvgIpc) is 3.62. The van der Waals surface area contributed by atoms with Crippen LogP contribution < -0.4 is 5.32 Å². The quantitative estimate of drug-likeness (QED) is 0.415. The van der Waals surface area contributed by atoms with E-state index in [1.165, 1.54) is 11.1 Å². The first-order chi connectivity index (χ1) is 15.0. The van der Waals surface area contributed by atoms with Gasteiger partial charge in [0.25, 0.3) is 0 Å². The molecule has 1 aliphatic carbocycles. The minimum Gasteiger partial charge on any atom is -0.310 e. The molecule has 2 aromatic rings. The van der Waals surface area contributed by atoms with Gasteiger partial charge in [0.15, 0.2) is 0 Å². The number of nitrogens with one attached hydrogen (secondary N) is 1. The molecule has 0 aromatic carbocycles. The van der Waals surface area contributed by atoms with Crippen molar-refractivity contribution in [1.29, 1.82) is 0 Å². The van der Waals surface area contributed by atoms with Crippen LogP contribution in [0.25, 0.3) is 16.3 Å². The maximum absolute atomic E-state index is 12.0. The maximum atomic E-state index is 12.0. The first-order valence-electron chi connectivity index (χ1n) is 11.3. The highest BCUT2D eigenvalue weighted by Crippen LogP contribution is 2.32. The molecular weight excluding hydrogens is 406 g/mol. The Bertz CT molecular complexity index is 1050. The van der Waals surface area contributed by atoms with Crippen molar-refractivity contribution in [1.82, 2.24) is 9.97 Å². The number of hydrogen-bond acceptors (Lipinski definition) is 3. The van der Waals surface area contributed by atoms with Gasteiger partial charge in [-0.05, 0) is 69.7 Å². The predicted molar refractivity (Wildman–Crippen MR) is 131 cm³/mol. The van der Waals surface area contributed by atoms with Gasteiger partial charge in [0.1, 0.15) is 5.82 Å². The van der Waals surface area contributed by atoms with Crippen molar-refractivity contribution in [2.75, 3.05) is 5.32 Å². The van der Waals surface area contributed by atoms with Crippen LogP contribution in [0, 0.1) is 5.92 Å². The van der Waals surface area contributed by atoms with Crippen LogP contribution in [0.4, 0.5) is 5.82 Å². The molecule has 1 fully saturated rings. The third kappa shape index (κ3) is 6.04. The van der Waals surface area contributed by atoms with E-state index in [2.05, 4.69) is 42.1 Å². The third-order valence-electron chi connectivity index (χ3n) is 5.80. The van der Waals surface area contributed by atoms with Crippen LogP contribution in [0.2, 0.25) is 0 Å². The van der Waals surface area contributed by atoms with Gasteiger partial charge in [-0.1, -0.05) is 43.5 Å². The smallest absolute Gasteiger partial charge is 0.228 e. The van der Waals surface area contributed by atoms with Crippen molar-refractivity contribution >= 4 is 39.7 Å². The first kappa shape index (κ1) is 23.2. The average molecular weight is 438 g/mol. The molecule has 0 radical (unpaired) electrons. The van der Waals surface area contributed by atoms with Crippen molar-refractivity contribution in [3.8, 4) is 0 Å². The van der Waals surface area contributed by atoms with Crippen molar-refractivity contribution in [3.63, 3.8) is 0 Å². The standard InChI is InChI=1S/C26H32ClN3O/c1-5-8-9-19(17(4)6-2)12-23(27)22(7-3)24-13-20-16-29-25(14-21(20)15-28-24)30-26(31)18-10-11-18/h7,12-16,18H,5-6,8-11H2,1-4H3,(H,29,30,31)/b19-17+,22-7+,23-12+. The number of unbranched alkanes of at least 4 members (excludes halogenated alkanes) is 1. The van der Waals surface area contributed by atoms with E-state index in [4.69, 9.17) is 11.6 Å². The molecule has 164 valence electrons. The molecule has 1 amide bonds. The minimum atomic E-state index is 0.0545. The Balaban J connectivity index is 1.86. The molecule has 0 aliphatic heterocycles. The molecule has 1 aliphatic rings. The highest BCUT2D eigenvalue weighted by Gasteiger charge is 2.29. The number of hydrogen-bond donors (Lipinski definition) is 1. The van der Waals surface area contributed by atoms with Gasteiger partial charge in [0.05, 0.1) is 5.69 Å². The highest BCUT2D eigenvalue weighted by molar-refractivity contribution is 6.37. The summed E-state index contributed by atoms with van der Waals surface area (Å²) in [6.45, 7) is 8.55. The highest BCUT2D eigenvalue weighted by atomic mass is 35.5. The van der Waals surface area contributed by atoms with Crippen molar-refractivity contribution in [2.24, 2.45) is 5.92 Å². The summed E-state index contributed by atoms with van der Waals surface area (Å²) < 4.78 is 0. The van der Waals surface area contributed by atoms with E-state index >= 15 is 0 Å². The largest absolute Gasteiger partial charge is 0.310 e. The van der Waals surface area contributed by atoms with Crippen molar-refractivity contribution < 1.29 is 4.79 Å². The first-order valence-corrected chi connectivity index (χ1v) is 11.6. The number of amides is 1. The fraction of sp³-hybridized carbons (Fsp3) is 0.423. The zero-order valence-corrected chi connectivity index (χ0v) is 19.7. The van der Waals surface area contributed by atoms with Crippen LogP contribution >= 0.6 is 11.6 Å². The normalized spacial score (nSPS) is 15.8. The lowest BCUT2D eigenvalue weighted by atomic mass is 9.99. The number of fused-ring (bicyclic) bond motifs is 1. The molecule has 1 N–H and O–H groups in total. The van der Waals surface area contributed by atoms with Gasteiger partial charge >= 0.3 is 0 Å². The number of nitrogens with zero attached hydrogens (tertiary/aromatic N) is 2. The summed E-state index contributed by atoms with van der Waals surface area (Å²) in [5.74, 6) is 0.777. The van der Waals surface area contributed by atoms with Crippen LogP contribution in [0.15, 0.2) is 52.9 Å². The summed E-state index contributed by atoms with van der Waals surface area (Å²) >= 11 is 6.78. The Labute approximate surface area is 190 Å². The van der Waals surface area contributed by atoms with Crippen LogP contribution in [0.5, 0.6) is 0 Å². The Hall–Kier alpha value is -2.46. The lowest BCUT2D eigenvalue weighted by molar-refractivity contribution is -0.117. The number of carbonyl (C=O) groups is 1. The van der Waals surface area contributed by atoms with E-state index in [1.54, 1.807) is 6.20 Å². The van der Waals surface area contributed by atoms with Gasteiger partial charge in [-0.3, -0.25) is 9.78 Å². The van der Waals surface area contributed by atoms with Gasteiger partial charge in [-0.2, -0.15) is 0 Å². The summed E-state index contributed by atoms with van der Waals surface area (Å²) in [7, 11) is 0. The molecule has 31 heavy (non-hydrogen) atoms. The van der Waals surface area contributed by atoms with Gasteiger partial charge in [0.2, 0.25) is 5.91 Å². The number of halogens is 1. The molecule has 3 rings (SSSR count). The minimum absolute atomic E-state index is 0.0545. The van der Waals surface area contributed by atoms with Gasteiger partial charge < -0.3 is 5.32 Å². The summed E-state index contributed by atoms with van der Waals surface area (Å²) in [5.41, 5.74) is 4.41. The lowest BCUT2D eigenvalue weighted by Crippen LogP contribution is -2.14. The molecule has 4 nitrogen and oxygen atoms in total. The van der Waals surface area contributed by atoms with E-state index in [1.807, 2.05) is 31.3 Å². The predicted octanol–water partition coefficient (Wildman–Crippen LogP) is 7.42. The van der Waals surface area contributed by atoms with Gasteiger partial charge in [-0.15, -0.1) is 0 Å². The van der Waals surface area contributed by atoms with Crippen molar-refractivity contribution in [3.05, 3.63) is 58.6 Å². The molecule has 0 unspecified atom stereocenters. The van der Waals surface area contributed by atoms with Gasteiger partial charge in [-0.25, -0.2) is 4.98 Å². The van der Waals surface area contributed by atoms with E-state index in [0.717, 1.165) is 60.6 Å². The van der Waals surface area contributed by atoms with Gasteiger partial charge in [0, 0.05) is 39.7 Å². The summed E-state index contributed by atoms with van der Waals surface area (Å²) in [4.78, 5) is 21.1. The Morgan fingerprint density at radius 3 is 2.55 bits per heavy atom. The molecule has 2 heterocycles. The van der Waals surface area contributed by atoms with Crippen molar-refractivity contribution in [2.45, 2.75) is 66.2 Å². The molecule has 0 atom stereocenters. The molecule has 0 bridgehead atoms. The second-order valence-electron chi connectivity index (χ2n) is 8.21. The van der Waals surface area contributed by atoms with E-state index in [0.29, 0.717) is 10.9 Å². The Kier molecular flexibility index (Phi) is 8.03. The summed E-state index contributed by atoms with van der Waals surface area (Å²) in [6, 6.07) is 3.87. The second-order valence-corrected chi connectivity index (χ2v) is 8.61. The monoisotopic (exact) mass is 437 g/mol. The molecule has 2 aromatic heterocycles. The SMILES string of the molecule is C\C=C(/C(Cl)=C\C(CCCC)=C(/C)CC)c1cc2cnc(NC(=O)C3CC3)cc2cn1. The van der Waals surface area contributed by atoms with Crippen LogP contribution in [-0.4, -0.2) is 15.9 Å². The second kappa shape index (κ2) is 10.7. The lowest BCUT2D eigenvalue weighted by Gasteiger charge is -2.11. The number of pyridine rings is 2. The topological polar surface area (TPSA) is 54.9 Å². The molecule has 0 spiro atoms. The maximum Gasteiger partial charge on any atom is 0.228 e. The zero-order valence-electron chi connectivity index (χ0n) is 19.0. The van der Waals surface area contributed by atoms with Crippen LogP contribution in [0.3, 0.4) is 0 Å². The number of carbonyl (C=O) groups excluding carboxylic acids is 1. The Morgan fingerprint density at radius 2 is 1.90 bits per heavy atom. The van der Waals surface area contributed by atoms with Crippen LogP contribution in [0.1, 0.15) is 71.9 Å². The number of allylic oxidation sites excluding steroid dienone is 6. The van der Waals surface area contributed by atoms with E-state index in [9.17, 15) is 4.79 Å². The molecule has 1 saturated carbocycles. The molecule has 5 heteroatoms. The van der Waals surface area contributed by atoms with Crippen LogP contribution in [-0.2, 0) is 4.79 Å². The number of aromatic nitrogens is 2. The zero-order chi connectivity index (χ0) is 22.4. The summed E-state index contributed by atoms with van der Waals surface area (Å²) in [5, 5.41) is 5.49. The third-order valence-corrected chi connectivity index (χ3v) is 6.12. The molecule has 0 saturated heterocycles. The fourth-order valence-electron chi connectivity index (χ4n) is 3.47. The Morgan fingerprint density at radius 1 is 1.19 bits per heavy atom. The number of anilines is 1. The fourth-order valence-corrected chi connectivity index (χ4v) is 3.81. The van der Waals surface area contributed by atoms with E-state index in [-0.39, 0.29) is 11.8 Å². The summed E-state index contributed by atoms with van der Waals surface area (Å²) in [6.07, 6.45) is 14.0.